The molecule has 0 aromatic heterocycles. The Morgan fingerprint density at radius 1 is 1.25 bits per heavy atom. The van der Waals surface area contributed by atoms with E-state index in [1.165, 1.54) is 0 Å². The fourth-order valence-electron chi connectivity index (χ4n) is 0. The molecule has 5 nitrogen and oxygen atoms in total. The first-order valence-electron chi connectivity index (χ1n) is 1.17. The molecule has 0 aromatic rings. The summed E-state index contributed by atoms with van der Waals surface area (Å²) < 4.78 is 14.4. The second kappa shape index (κ2) is 15.7. The molecule has 0 aliphatic rings. The summed E-state index contributed by atoms with van der Waals surface area (Å²) >= 11 is -1.25. The summed E-state index contributed by atoms with van der Waals surface area (Å²) in [6.45, 7) is 0. The Kier molecular flexibility index (Phi) is 31.3. The first-order chi connectivity index (χ1) is 3.15. The second-order valence-electron chi connectivity index (χ2n) is 0.398. The van der Waals surface area contributed by atoms with Gasteiger partial charge in [-0.25, -0.2) is 4.79 Å². The van der Waals surface area contributed by atoms with Crippen molar-refractivity contribution >= 4 is 59.8 Å². The van der Waals surface area contributed by atoms with Gasteiger partial charge in [-0.15, -0.1) is 0 Å². The van der Waals surface area contributed by atoms with E-state index < -0.39 is 22.0 Å². The molecule has 0 aromatic carbocycles. The predicted octanol–water partition coefficient (Wildman–Crippen LogP) is -2.19. The van der Waals surface area contributed by atoms with Crippen LogP contribution in [0.15, 0.2) is 0 Å². The number of hydrogen-bond donors (Lipinski definition) is 4. The van der Waals surface area contributed by atoms with E-state index in [4.69, 9.17) is 23.3 Å². The van der Waals surface area contributed by atoms with Gasteiger partial charge in [-0.1, -0.05) is 0 Å². The van der Waals surface area contributed by atoms with Crippen LogP contribution in [0.3, 0.4) is 0 Å². The molecule has 0 spiro atoms. The van der Waals surface area contributed by atoms with E-state index in [1.807, 2.05) is 0 Å². The van der Waals surface area contributed by atoms with Crippen LogP contribution in [0, 0.1) is 0 Å². The van der Waals surface area contributed by atoms with E-state index >= 15 is 0 Å². The van der Waals surface area contributed by atoms with Crippen LogP contribution >= 0.6 is 0 Å². The third-order valence-electron chi connectivity index (χ3n) is 0. The van der Waals surface area contributed by atoms with Crippen LogP contribution in [0.2, 0.25) is 0 Å². The van der Waals surface area contributed by atoms with Gasteiger partial charge in [0.2, 0.25) is 0 Å². The minimum atomic E-state index is -1.83. The molecule has 0 amide bonds. The molecule has 0 fully saturated rings. The van der Waals surface area contributed by atoms with Gasteiger partial charge in [0, 0.05) is 0 Å². The van der Waals surface area contributed by atoms with Gasteiger partial charge in [-0.2, -0.15) is 0 Å². The summed E-state index contributed by atoms with van der Waals surface area (Å²) in [6.07, 6.45) is -1.83. The molecule has 1 radical (unpaired) electrons. The molecule has 45 valence electrons. The summed E-state index contributed by atoms with van der Waals surface area (Å²) in [6, 6.07) is 0. The quantitative estimate of drug-likeness (QED) is 0.306. The van der Waals surface area contributed by atoms with Crippen molar-refractivity contribution in [3.8, 4) is 0 Å². The first kappa shape index (κ1) is 16.0. The van der Waals surface area contributed by atoms with Crippen molar-refractivity contribution in [3.63, 3.8) is 0 Å². The summed E-state index contributed by atoms with van der Waals surface area (Å²) in [5, 5.41) is 13.9. The minimum absolute atomic E-state index is 0. The van der Waals surface area contributed by atoms with Crippen molar-refractivity contribution in [1.29, 1.82) is 0 Å². The number of rotatable bonds is 0. The maximum Gasteiger partial charge on any atom is 0.662 e. The Labute approximate surface area is 82.3 Å². The standard InChI is InChI=1S/CH2O3.Al.Ca.2H2O.2H/c2-1(3)4;;;;;;/h(H2,2,3,4);;;2*1H2;;/q;+2;;;;;/p-2. The van der Waals surface area contributed by atoms with E-state index in [1.54, 1.807) is 0 Å². The molecular weight excluding hydrogens is 159 g/mol. The molecule has 0 atom stereocenters. The Bertz CT molecular complexity index is 43.7. The van der Waals surface area contributed by atoms with Crippen molar-refractivity contribution in [2.24, 2.45) is 0 Å². The van der Waals surface area contributed by atoms with Crippen LogP contribution in [0.4, 0.5) is 4.79 Å². The van der Waals surface area contributed by atoms with E-state index in [9.17, 15) is 0 Å². The summed E-state index contributed by atoms with van der Waals surface area (Å²) in [5.74, 6) is 0. The van der Waals surface area contributed by atoms with E-state index in [0.717, 1.165) is 0 Å². The normalized spacial score (nSPS) is 4.75. The Hall–Kier alpha value is 0.982. The van der Waals surface area contributed by atoms with Gasteiger partial charge in [0.15, 0.2) is 0 Å². The summed E-state index contributed by atoms with van der Waals surface area (Å²) in [7, 11) is 0. The molecule has 0 rings (SSSR count). The van der Waals surface area contributed by atoms with Crippen LogP contribution < -0.4 is 0 Å². The van der Waals surface area contributed by atoms with Gasteiger partial charge >= 0.3 is 59.8 Å². The number of hydrogen-bond acceptors (Lipinski definition) is 3. The first-order valence-corrected chi connectivity index (χ1v) is 2.20. The number of carbonyl (C=O) groups is 1. The molecular formula is CH6AlCaO5. The minimum Gasteiger partial charge on any atom is -0.499 e. The molecule has 4 N–H and O–H groups in total. The third-order valence-corrected chi connectivity index (χ3v) is 0. The monoisotopic (exact) mass is 165 g/mol. The van der Waals surface area contributed by atoms with E-state index in [-0.39, 0.29) is 37.7 Å². The largest absolute Gasteiger partial charge is 0.662 e. The van der Waals surface area contributed by atoms with Crippen molar-refractivity contribution in [3.05, 3.63) is 0 Å². The van der Waals surface area contributed by atoms with Crippen molar-refractivity contribution in [1.82, 2.24) is 0 Å². The van der Waals surface area contributed by atoms with Gasteiger partial charge in [-0.3, -0.25) is 0 Å². The Morgan fingerprint density at radius 2 is 1.25 bits per heavy atom. The molecule has 0 unspecified atom stereocenters. The van der Waals surface area contributed by atoms with Gasteiger partial charge in [-0.05, 0) is 0 Å². The van der Waals surface area contributed by atoms with Crippen LogP contribution in [0.1, 0.15) is 0 Å². The molecule has 0 aliphatic heterocycles. The Balaban J connectivity index is -0.0000000575. The SMILES string of the molecule is O=C(O)O.[CaH2].[OH][Al][OH]. The molecule has 8 heavy (non-hydrogen) atoms. The maximum absolute atomic E-state index is 8.56. The zero-order valence-electron chi connectivity index (χ0n) is 3.27. The van der Waals surface area contributed by atoms with Crippen LogP contribution in [0.25, 0.3) is 0 Å². The van der Waals surface area contributed by atoms with Gasteiger partial charge in [0.25, 0.3) is 0 Å². The predicted molar refractivity (Wildman–Crippen MR) is 29.4 cm³/mol. The average Bonchev–Trinajstić information content (AvgIpc) is 1.33. The fraction of sp³-hybridized carbons (Fsp3) is 0. The summed E-state index contributed by atoms with van der Waals surface area (Å²) in [5.41, 5.74) is 0. The average molecular weight is 165 g/mol. The second-order valence-corrected chi connectivity index (χ2v) is 0.629. The molecule has 0 aliphatic carbocycles. The molecule has 0 bridgehead atoms. The molecule has 0 saturated carbocycles. The number of carboxylic acid groups (broad SMARTS) is 2. The summed E-state index contributed by atoms with van der Waals surface area (Å²) in [4.78, 5) is 8.56. The van der Waals surface area contributed by atoms with Gasteiger partial charge in [0.1, 0.15) is 0 Å². The zero-order valence-corrected chi connectivity index (χ0v) is 4.43. The zero-order chi connectivity index (χ0) is 6.28. The Morgan fingerprint density at radius 3 is 1.25 bits per heavy atom. The van der Waals surface area contributed by atoms with Crippen LogP contribution in [-0.2, 0) is 0 Å². The van der Waals surface area contributed by atoms with Gasteiger partial charge in [0.05, 0.1) is 0 Å². The van der Waals surface area contributed by atoms with Crippen LogP contribution in [-0.4, -0.2) is 78.3 Å². The van der Waals surface area contributed by atoms with Crippen molar-refractivity contribution < 1.29 is 23.3 Å². The fourth-order valence-corrected chi connectivity index (χ4v) is 0. The topological polar surface area (TPSA) is 98.0 Å². The van der Waals surface area contributed by atoms with Crippen molar-refractivity contribution in [2.75, 3.05) is 0 Å². The smallest absolute Gasteiger partial charge is 0.499 e. The molecule has 7 heteroatoms. The van der Waals surface area contributed by atoms with Gasteiger partial charge < -0.3 is 18.5 Å². The van der Waals surface area contributed by atoms with Crippen molar-refractivity contribution in [2.45, 2.75) is 0 Å². The van der Waals surface area contributed by atoms with Crippen LogP contribution in [0.5, 0.6) is 0 Å². The molecule has 0 saturated heterocycles. The maximum atomic E-state index is 8.56. The van der Waals surface area contributed by atoms with E-state index in [0.29, 0.717) is 0 Å². The molecule has 0 heterocycles. The third kappa shape index (κ3) is 259. The van der Waals surface area contributed by atoms with E-state index in [2.05, 4.69) is 0 Å².